The monoisotopic (exact) mass is 740 g/mol. The highest BCUT2D eigenvalue weighted by molar-refractivity contribution is 6.13. The molecule has 11 unspecified atom stereocenters. The van der Waals surface area contributed by atoms with E-state index in [1.54, 1.807) is 13.8 Å². The Labute approximate surface area is 296 Å². The summed E-state index contributed by atoms with van der Waals surface area (Å²) in [6, 6.07) is 1.48. The molecule has 3 aliphatic heterocycles. The fraction of sp³-hybridized carbons (Fsp3) is 0.647. The molecule has 0 radical (unpaired) electrons. The van der Waals surface area contributed by atoms with E-state index < -0.39 is 107 Å². The molecule has 0 aromatic heterocycles. The van der Waals surface area contributed by atoms with Gasteiger partial charge in [-0.2, -0.15) is 0 Å². The standard InChI is InChI=1S/C34H44O18/c1-12-8-15-20(27-19(12)25(40)29-33(43,51-27)32(42,11-35)34(44,52-29)30(46-6)47-7)24(39)22-21(26(15)45-5)17(9-16(37)23(22)38)50-18-10-31(4,41)28(13(2)48-18)49-14(3)36/h8,13,16-18,25,28-30,35,37,39-44H,9-11H2,1-7H3. The second kappa shape index (κ2) is 13.0. The van der Waals surface area contributed by atoms with Gasteiger partial charge in [0.05, 0.1) is 36.9 Å². The normalized spacial score (nSPS) is 38.4. The Morgan fingerprint density at radius 2 is 1.75 bits per heavy atom. The predicted octanol–water partition coefficient (Wildman–Crippen LogP) is -0.771. The molecule has 0 bridgehead atoms. The van der Waals surface area contributed by atoms with Crippen molar-refractivity contribution < 1.29 is 88.3 Å². The number of Topliss-reactive ketones (excluding diaryl/α,β-unsaturated/α-hetero) is 1. The molecule has 2 aromatic carbocycles. The van der Waals surface area contributed by atoms with Crippen LogP contribution in [0.3, 0.4) is 0 Å². The van der Waals surface area contributed by atoms with Crippen molar-refractivity contribution >= 4 is 22.5 Å². The number of esters is 1. The number of aryl methyl sites for hydroxylation is 1. The zero-order valence-corrected chi connectivity index (χ0v) is 29.5. The molecule has 2 saturated heterocycles. The lowest BCUT2D eigenvalue weighted by Gasteiger charge is -2.46. The molecule has 2 aromatic rings. The molecule has 52 heavy (non-hydrogen) atoms. The Kier molecular flexibility index (Phi) is 9.59. The number of ketones is 1. The van der Waals surface area contributed by atoms with Crippen molar-refractivity contribution in [1.82, 2.24) is 0 Å². The number of phenolic OH excluding ortho intramolecular Hbond substituents is 1. The summed E-state index contributed by atoms with van der Waals surface area (Å²) in [5.74, 6) is -9.08. The van der Waals surface area contributed by atoms with E-state index >= 15 is 0 Å². The maximum absolute atomic E-state index is 13.7. The van der Waals surface area contributed by atoms with Crippen LogP contribution in [0.2, 0.25) is 0 Å². The topological polar surface area (TPSA) is 270 Å². The molecular formula is C34H44O18. The molecule has 1 aliphatic carbocycles. The Morgan fingerprint density at radius 3 is 2.31 bits per heavy atom. The number of aromatic hydroxyl groups is 1. The summed E-state index contributed by atoms with van der Waals surface area (Å²) in [7, 11) is 3.44. The number of rotatable bonds is 8. The van der Waals surface area contributed by atoms with Crippen molar-refractivity contribution in [3.63, 3.8) is 0 Å². The number of aliphatic hydroxyl groups is 7. The molecule has 18 heteroatoms. The van der Waals surface area contributed by atoms with E-state index in [2.05, 4.69) is 0 Å². The maximum atomic E-state index is 13.7. The smallest absolute Gasteiger partial charge is 0.303 e. The highest BCUT2D eigenvalue weighted by atomic mass is 16.8. The van der Waals surface area contributed by atoms with Gasteiger partial charge >= 0.3 is 5.97 Å². The van der Waals surface area contributed by atoms with Gasteiger partial charge in [0, 0.05) is 50.5 Å². The third-order valence-electron chi connectivity index (χ3n) is 10.6. The SMILES string of the molecule is COc1c2c(c(O)c3c4c(c(C)cc13)C(O)C1OC(O)(C(OC)OC)C(O)(CO)C1(O)O4)C(=O)C(O)CC2OC1CC(C)(O)C(OC(C)=O)C(C)O1. The average molecular weight is 741 g/mol. The lowest BCUT2D eigenvalue weighted by molar-refractivity contribution is -0.378. The van der Waals surface area contributed by atoms with E-state index in [-0.39, 0.29) is 46.1 Å². The van der Waals surface area contributed by atoms with Gasteiger partial charge in [-0.25, -0.2) is 0 Å². The number of hydrogen-bond acceptors (Lipinski definition) is 18. The molecule has 6 rings (SSSR count). The molecule has 0 spiro atoms. The van der Waals surface area contributed by atoms with Crippen LogP contribution in [0.4, 0.5) is 0 Å². The van der Waals surface area contributed by atoms with Gasteiger partial charge in [0.15, 0.2) is 24.3 Å². The lowest BCUT2D eigenvalue weighted by Crippen LogP contribution is -2.72. The zero-order chi connectivity index (χ0) is 38.5. The molecule has 0 amide bonds. The number of aliphatic hydroxyl groups excluding tert-OH is 3. The minimum absolute atomic E-state index is 0.00145. The minimum atomic E-state index is -3.16. The second-order valence-corrected chi connectivity index (χ2v) is 13.9. The summed E-state index contributed by atoms with van der Waals surface area (Å²) in [6.07, 6.45) is -12.2. The van der Waals surface area contributed by atoms with Crippen molar-refractivity contribution in [2.45, 2.75) is 113 Å². The van der Waals surface area contributed by atoms with Crippen LogP contribution >= 0.6 is 0 Å². The molecule has 288 valence electrons. The Hall–Kier alpha value is -3.24. The number of carbonyl (C=O) groups excluding carboxylic acids is 2. The quantitative estimate of drug-likeness (QED) is 0.122. The summed E-state index contributed by atoms with van der Waals surface area (Å²) in [5, 5.41) is 91.2. The third-order valence-corrected chi connectivity index (χ3v) is 10.6. The predicted molar refractivity (Wildman–Crippen MR) is 171 cm³/mol. The average Bonchev–Trinajstić information content (AvgIpc) is 3.24. The van der Waals surface area contributed by atoms with Crippen molar-refractivity contribution in [2.75, 3.05) is 27.9 Å². The highest BCUT2D eigenvalue weighted by Crippen LogP contribution is 2.60. The number of hydrogen-bond donors (Lipinski definition) is 8. The van der Waals surface area contributed by atoms with Crippen LogP contribution in [0.5, 0.6) is 17.2 Å². The largest absolute Gasteiger partial charge is 0.506 e. The van der Waals surface area contributed by atoms with Crippen LogP contribution in [0, 0.1) is 6.92 Å². The minimum Gasteiger partial charge on any atom is -0.506 e. The van der Waals surface area contributed by atoms with Crippen LogP contribution in [0.25, 0.3) is 10.8 Å². The van der Waals surface area contributed by atoms with Crippen molar-refractivity contribution in [1.29, 1.82) is 0 Å². The molecule has 4 aliphatic rings. The fourth-order valence-electron chi connectivity index (χ4n) is 8.16. The summed E-state index contributed by atoms with van der Waals surface area (Å²) in [4.78, 5) is 25.4. The van der Waals surface area contributed by atoms with Crippen molar-refractivity contribution in [3.8, 4) is 17.2 Å². The van der Waals surface area contributed by atoms with E-state index in [0.717, 1.165) is 14.2 Å². The Balaban J connectivity index is 1.51. The molecule has 11 atom stereocenters. The van der Waals surface area contributed by atoms with E-state index in [1.807, 2.05) is 0 Å². The summed E-state index contributed by atoms with van der Waals surface area (Å²) < 4.78 is 45.0. The first kappa shape index (κ1) is 38.5. The molecule has 3 heterocycles. The van der Waals surface area contributed by atoms with Crippen LogP contribution in [0.1, 0.15) is 72.9 Å². The third kappa shape index (κ3) is 5.24. The zero-order valence-electron chi connectivity index (χ0n) is 29.5. The van der Waals surface area contributed by atoms with E-state index in [1.165, 1.54) is 27.0 Å². The van der Waals surface area contributed by atoms with Crippen molar-refractivity contribution in [2.24, 2.45) is 0 Å². The van der Waals surface area contributed by atoms with Crippen LogP contribution in [0.15, 0.2) is 6.07 Å². The lowest BCUT2D eigenvalue weighted by atomic mass is 9.78. The van der Waals surface area contributed by atoms with E-state index in [4.69, 9.17) is 37.9 Å². The molecule has 8 N–H and O–H groups in total. The number of benzene rings is 2. The Morgan fingerprint density at radius 1 is 1.10 bits per heavy atom. The van der Waals surface area contributed by atoms with E-state index in [9.17, 15) is 50.4 Å². The van der Waals surface area contributed by atoms with Gasteiger partial charge < -0.3 is 78.7 Å². The van der Waals surface area contributed by atoms with E-state index in [0.29, 0.717) is 0 Å². The van der Waals surface area contributed by atoms with Gasteiger partial charge in [-0.15, -0.1) is 0 Å². The van der Waals surface area contributed by atoms with Gasteiger partial charge in [-0.05, 0) is 32.4 Å². The number of phenols is 1. The van der Waals surface area contributed by atoms with Crippen LogP contribution in [-0.4, -0.2) is 140 Å². The number of methoxy groups -OCH3 is 3. The number of carbonyl (C=O) groups is 2. The summed E-state index contributed by atoms with van der Waals surface area (Å²) >= 11 is 0. The molecular weight excluding hydrogens is 696 g/mol. The molecule has 2 fully saturated rings. The first-order valence-electron chi connectivity index (χ1n) is 16.5. The van der Waals surface area contributed by atoms with Gasteiger partial charge in [-0.3, -0.25) is 9.59 Å². The van der Waals surface area contributed by atoms with Crippen molar-refractivity contribution in [3.05, 3.63) is 28.3 Å². The fourth-order valence-corrected chi connectivity index (χ4v) is 8.16. The van der Waals surface area contributed by atoms with Crippen LogP contribution in [-0.2, 0) is 33.2 Å². The highest BCUT2D eigenvalue weighted by Gasteiger charge is 2.80. The van der Waals surface area contributed by atoms with Gasteiger partial charge in [0.2, 0.25) is 11.9 Å². The Bertz CT molecular complexity index is 1770. The summed E-state index contributed by atoms with van der Waals surface area (Å²) in [5.41, 5.74) is -5.06. The number of fused-ring (bicyclic) bond motifs is 5. The first-order chi connectivity index (χ1) is 24.3. The molecule has 0 saturated carbocycles. The van der Waals surface area contributed by atoms with Gasteiger partial charge in [0.25, 0.3) is 11.6 Å². The van der Waals surface area contributed by atoms with Gasteiger partial charge in [-0.1, -0.05) is 0 Å². The molecule has 18 nitrogen and oxygen atoms in total. The maximum Gasteiger partial charge on any atom is 0.303 e. The van der Waals surface area contributed by atoms with Crippen LogP contribution < -0.4 is 9.47 Å². The first-order valence-corrected chi connectivity index (χ1v) is 16.5. The van der Waals surface area contributed by atoms with Gasteiger partial charge in [0.1, 0.15) is 35.1 Å². The number of ether oxygens (including phenoxy) is 8. The summed E-state index contributed by atoms with van der Waals surface area (Å²) in [6.45, 7) is 4.33. The second-order valence-electron chi connectivity index (χ2n) is 13.9.